The Kier molecular flexibility index (Phi) is 7.19. The third-order valence-corrected chi connectivity index (χ3v) is 6.26. The summed E-state index contributed by atoms with van der Waals surface area (Å²) in [4.78, 5) is 18.2. The van der Waals surface area contributed by atoms with Crippen LogP contribution in [0.25, 0.3) is 0 Å². The molecule has 0 aromatic carbocycles. The highest BCUT2D eigenvalue weighted by molar-refractivity contribution is 5.87. The van der Waals surface area contributed by atoms with Crippen molar-refractivity contribution in [2.45, 2.75) is 57.4 Å². The van der Waals surface area contributed by atoms with Gasteiger partial charge in [0.1, 0.15) is 5.82 Å². The molecule has 0 radical (unpaired) electrons. The van der Waals surface area contributed by atoms with E-state index in [2.05, 4.69) is 43.5 Å². The van der Waals surface area contributed by atoms with E-state index in [-0.39, 0.29) is 12.9 Å². The van der Waals surface area contributed by atoms with Gasteiger partial charge < -0.3 is 20.6 Å². The van der Waals surface area contributed by atoms with Crippen LogP contribution >= 0.6 is 0 Å². The first-order chi connectivity index (χ1) is 15.2. The van der Waals surface area contributed by atoms with Crippen LogP contribution in [0.4, 0.5) is 0 Å². The average molecular weight is 426 g/mol. The fourth-order valence-corrected chi connectivity index (χ4v) is 4.47. The number of aliphatic hydroxyl groups is 1. The molecule has 3 heterocycles. The zero-order valence-electron chi connectivity index (χ0n) is 18.7. The summed E-state index contributed by atoms with van der Waals surface area (Å²) in [5.74, 6) is 2.46. The second kappa shape index (κ2) is 10.2. The van der Waals surface area contributed by atoms with Crippen molar-refractivity contribution in [1.29, 1.82) is 0 Å². The van der Waals surface area contributed by atoms with Crippen LogP contribution in [0, 0.1) is 5.92 Å². The summed E-state index contributed by atoms with van der Waals surface area (Å²) in [7, 11) is 3.91. The van der Waals surface area contributed by atoms with Gasteiger partial charge in [0, 0.05) is 57.0 Å². The van der Waals surface area contributed by atoms with Gasteiger partial charge in [0.2, 0.25) is 5.96 Å². The predicted octanol–water partition coefficient (Wildman–Crippen LogP) is 1.90. The van der Waals surface area contributed by atoms with E-state index in [0.717, 1.165) is 49.7 Å². The minimum absolute atomic E-state index is 0.192. The topological polar surface area (TPSA) is 88.4 Å². The van der Waals surface area contributed by atoms with Gasteiger partial charge in [-0.05, 0) is 63.1 Å². The summed E-state index contributed by atoms with van der Waals surface area (Å²) in [6.07, 6.45) is 12.1. The van der Waals surface area contributed by atoms with Crippen molar-refractivity contribution in [3.63, 3.8) is 0 Å². The highest BCUT2D eigenvalue weighted by atomic mass is 16.3. The Balaban J connectivity index is 1.63. The fourth-order valence-electron chi connectivity index (χ4n) is 4.47. The average Bonchev–Trinajstić information content (AvgIpc) is 3.64. The van der Waals surface area contributed by atoms with E-state index in [9.17, 15) is 5.11 Å². The van der Waals surface area contributed by atoms with Crippen molar-refractivity contribution in [2.24, 2.45) is 15.9 Å². The molecule has 1 aliphatic carbocycles. The monoisotopic (exact) mass is 425 g/mol. The molecule has 1 unspecified atom stereocenters. The van der Waals surface area contributed by atoms with Gasteiger partial charge in [0.25, 0.3) is 0 Å². The minimum atomic E-state index is -0.192. The Bertz CT molecular complexity index is 816. The number of piperidine rings is 1. The van der Waals surface area contributed by atoms with Crippen molar-refractivity contribution in [3.8, 4) is 0 Å². The van der Waals surface area contributed by atoms with Crippen LogP contribution in [0.1, 0.15) is 44.1 Å². The second-order valence-corrected chi connectivity index (χ2v) is 8.72. The van der Waals surface area contributed by atoms with Gasteiger partial charge in [-0.1, -0.05) is 6.07 Å². The molecule has 0 amide bonds. The second-order valence-electron chi connectivity index (χ2n) is 8.72. The number of rotatable bonds is 7. The maximum absolute atomic E-state index is 9.59. The lowest BCUT2D eigenvalue weighted by Gasteiger charge is -2.42. The predicted molar refractivity (Wildman–Crippen MR) is 123 cm³/mol. The first-order valence-corrected chi connectivity index (χ1v) is 11.4. The van der Waals surface area contributed by atoms with E-state index < -0.39 is 0 Å². The largest absolute Gasteiger partial charge is 0.396 e. The van der Waals surface area contributed by atoms with E-state index in [1.54, 1.807) is 6.20 Å². The molecule has 4 rings (SSSR count). The number of allylic oxidation sites excluding steroid dienone is 1. The molecule has 3 N–H and O–H groups in total. The van der Waals surface area contributed by atoms with E-state index in [1.807, 2.05) is 25.5 Å². The SMILES string of the molecule is CN=C/C(=C1/NC(N2CCCC[C@H]2CCO)=NC(N(C)Cc2cccnc2)N1)C1CC1. The molecule has 1 saturated carbocycles. The maximum Gasteiger partial charge on any atom is 0.203 e. The Morgan fingerprint density at radius 2 is 2.23 bits per heavy atom. The van der Waals surface area contributed by atoms with Gasteiger partial charge in [0.05, 0.1) is 0 Å². The lowest BCUT2D eigenvalue weighted by molar-refractivity contribution is 0.167. The number of likely N-dealkylation sites (tertiary alicyclic amines) is 1. The third kappa shape index (κ3) is 5.43. The zero-order valence-corrected chi connectivity index (χ0v) is 18.7. The Labute approximate surface area is 185 Å². The number of aromatic nitrogens is 1. The number of hydrogen-bond acceptors (Lipinski definition) is 8. The number of guanidine groups is 1. The molecule has 1 aromatic rings. The summed E-state index contributed by atoms with van der Waals surface area (Å²) in [5.41, 5.74) is 2.38. The number of aliphatic hydroxyl groups excluding tert-OH is 1. The van der Waals surface area contributed by atoms with Crippen molar-refractivity contribution >= 4 is 12.2 Å². The number of pyridine rings is 1. The van der Waals surface area contributed by atoms with E-state index in [4.69, 9.17) is 4.99 Å². The zero-order chi connectivity index (χ0) is 21.6. The molecule has 168 valence electrons. The summed E-state index contributed by atoms with van der Waals surface area (Å²) in [6, 6.07) is 4.38. The molecule has 2 aliphatic heterocycles. The standard InChI is InChI=1S/C23H35N7O/c1-24-15-20(18-8-9-18)21-26-22(29(2)16-17-6-5-11-25-14-17)28-23(27-21)30-12-4-3-7-19(30)10-13-31/h5-6,11,14-15,18-19,22,26,31H,3-4,7-10,12-13,16H2,1-2H3,(H,27,28)/b21-20-,24-15?/t19-,22?/m0/s1. The van der Waals surface area contributed by atoms with Gasteiger partial charge in [-0.3, -0.25) is 14.9 Å². The van der Waals surface area contributed by atoms with Crippen molar-refractivity contribution < 1.29 is 5.11 Å². The lowest BCUT2D eigenvalue weighted by atomic mass is 10.00. The molecule has 31 heavy (non-hydrogen) atoms. The molecule has 1 aromatic heterocycles. The minimum Gasteiger partial charge on any atom is -0.396 e. The summed E-state index contributed by atoms with van der Waals surface area (Å²) < 4.78 is 0. The fraction of sp³-hybridized carbons (Fsp3) is 0.609. The Hall–Kier alpha value is -2.45. The molecular formula is C23H35N7O. The van der Waals surface area contributed by atoms with Gasteiger partial charge in [-0.2, -0.15) is 0 Å². The molecule has 1 saturated heterocycles. The summed E-state index contributed by atoms with van der Waals surface area (Å²) >= 11 is 0. The first kappa shape index (κ1) is 21.8. The van der Waals surface area contributed by atoms with E-state index >= 15 is 0 Å². The molecule has 3 aliphatic rings. The van der Waals surface area contributed by atoms with Crippen LogP contribution in [-0.4, -0.2) is 71.6 Å². The highest BCUT2D eigenvalue weighted by Crippen LogP contribution is 2.37. The first-order valence-electron chi connectivity index (χ1n) is 11.4. The van der Waals surface area contributed by atoms with Crippen molar-refractivity contribution in [1.82, 2.24) is 25.4 Å². The number of aliphatic imine (C=N–C) groups is 2. The lowest BCUT2D eigenvalue weighted by Crippen LogP contribution is -2.58. The third-order valence-electron chi connectivity index (χ3n) is 6.26. The molecule has 2 atom stereocenters. The van der Waals surface area contributed by atoms with Crippen LogP contribution in [0.5, 0.6) is 0 Å². The van der Waals surface area contributed by atoms with E-state index in [1.165, 1.54) is 24.8 Å². The number of nitrogens with one attached hydrogen (secondary N) is 2. The van der Waals surface area contributed by atoms with Crippen LogP contribution in [0.15, 0.2) is 45.9 Å². The number of nitrogens with zero attached hydrogens (tertiary/aromatic N) is 5. The van der Waals surface area contributed by atoms with Crippen LogP contribution in [-0.2, 0) is 6.54 Å². The molecule has 0 bridgehead atoms. The van der Waals surface area contributed by atoms with Crippen LogP contribution in [0.2, 0.25) is 0 Å². The quantitative estimate of drug-likeness (QED) is 0.579. The van der Waals surface area contributed by atoms with Crippen molar-refractivity contribution in [3.05, 3.63) is 41.5 Å². The normalized spacial score (nSPS) is 25.9. The molecule has 8 heteroatoms. The molecule has 2 fully saturated rings. The summed E-state index contributed by atoms with van der Waals surface area (Å²) in [5, 5.41) is 16.8. The van der Waals surface area contributed by atoms with Crippen molar-refractivity contribution in [2.75, 3.05) is 27.2 Å². The smallest absolute Gasteiger partial charge is 0.203 e. The van der Waals surface area contributed by atoms with Crippen LogP contribution < -0.4 is 10.6 Å². The Morgan fingerprint density at radius 1 is 1.35 bits per heavy atom. The maximum atomic E-state index is 9.59. The molecular weight excluding hydrogens is 390 g/mol. The van der Waals surface area contributed by atoms with Gasteiger partial charge in [0.15, 0.2) is 6.29 Å². The van der Waals surface area contributed by atoms with E-state index in [0.29, 0.717) is 12.0 Å². The summed E-state index contributed by atoms with van der Waals surface area (Å²) in [6.45, 7) is 1.91. The van der Waals surface area contributed by atoms with Crippen LogP contribution in [0.3, 0.4) is 0 Å². The highest BCUT2D eigenvalue weighted by Gasteiger charge is 2.34. The van der Waals surface area contributed by atoms with Gasteiger partial charge in [-0.25, -0.2) is 4.99 Å². The molecule has 0 spiro atoms. The Morgan fingerprint density at radius 3 is 2.94 bits per heavy atom. The van der Waals surface area contributed by atoms with Gasteiger partial charge in [-0.15, -0.1) is 0 Å². The number of hydrogen-bond donors (Lipinski definition) is 3. The van der Waals surface area contributed by atoms with Gasteiger partial charge >= 0.3 is 0 Å². The molecule has 8 nitrogen and oxygen atoms in total.